The third-order valence-corrected chi connectivity index (χ3v) is 5.16. The molecule has 2 aromatic rings. The lowest BCUT2D eigenvalue weighted by Gasteiger charge is -2.15. The van der Waals surface area contributed by atoms with Crippen molar-refractivity contribution in [3.05, 3.63) is 53.8 Å². The number of nitrogens with zero attached hydrogens (tertiary/aromatic N) is 1. The van der Waals surface area contributed by atoms with Crippen LogP contribution in [-0.2, 0) is 16.0 Å². The lowest BCUT2D eigenvalue weighted by molar-refractivity contribution is -0.119. The standard InChI is InChI=1S/C23H26F2N2O4/c1-15(28)26-13-20-14-27(23(30)31-20)18-9-10-21(22(25)11-18)17-7-5-16(6-8-17)3-2-4-19(29)12-24/h5-11,19-20,29H,2-4,12-14H2,1H3,(H,26,28)/t19?,20-/m0/s1. The van der Waals surface area contributed by atoms with Crippen LogP contribution in [0.5, 0.6) is 0 Å². The zero-order valence-corrected chi connectivity index (χ0v) is 17.3. The van der Waals surface area contributed by atoms with Crippen LogP contribution in [-0.4, -0.2) is 49.1 Å². The molecule has 1 fully saturated rings. The van der Waals surface area contributed by atoms with Gasteiger partial charge in [0.15, 0.2) is 0 Å². The second kappa shape index (κ2) is 10.3. The number of carbonyl (C=O) groups is 2. The van der Waals surface area contributed by atoms with Crippen molar-refractivity contribution in [2.24, 2.45) is 0 Å². The number of aryl methyl sites for hydroxylation is 1. The number of rotatable bonds is 9. The molecule has 1 aliphatic rings. The maximum atomic E-state index is 14.8. The molecule has 3 rings (SSSR count). The molecule has 0 bridgehead atoms. The first-order chi connectivity index (χ1) is 14.9. The van der Waals surface area contributed by atoms with Gasteiger partial charge in [-0.1, -0.05) is 24.3 Å². The van der Waals surface area contributed by atoms with Gasteiger partial charge in [0.05, 0.1) is 24.9 Å². The molecule has 166 valence electrons. The highest BCUT2D eigenvalue weighted by Crippen LogP contribution is 2.29. The number of amides is 2. The average molecular weight is 432 g/mol. The van der Waals surface area contributed by atoms with Crippen LogP contribution in [0.1, 0.15) is 25.3 Å². The number of nitrogens with one attached hydrogen (secondary N) is 1. The minimum atomic E-state index is -0.916. The Labute approximate surface area is 179 Å². The van der Waals surface area contributed by atoms with Crippen LogP contribution < -0.4 is 10.2 Å². The van der Waals surface area contributed by atoms with Crippen molar-refractivity contribution >= 4 is 17.7 Å². The monoisotopic (exact) mass is 432 g/mol. The summed E-state index contributed by atoms with van der Waals surface area (Å²) in [5.41, 5.74) is 2.52. The summed E-state index contributed by atoms with van der Waals surface area (Å²) >= 11 is 0. The summed E-state index contributed by atoms with van der Waals surface area (Å²) in [6, 6.07) is 12.0. The van der Waals surface area contributed by atoms with Crippen LogP contribution in [0.4, 0.5) is 19.3 Å². The molecule has 0 aromatic heterocycles. The SMILES string of the molecule is CC(=O)NC[C@H]1CN(c2ccc(-c3ccc(CCCC(O)CF)cc3)c(F)c2)C(=O)O1. The van der Waals surface area contributed by atoms with Crippen molar-refractivity contribution < 1.29 is 28.2 Å². The van der Waals surface area contributed by atoms with E-state index < -0.39 is 30.8 Å². The van der Waals surface area contributed by atoms with Gasteiger partial charge in [0.25, 0.3) is 0 Å². The van der Waals surface area contributed by atoms with Gasteiger partial charge in [-0.2, -0.15) is 0 Å². The van der Waals surface area contributed by atoms with Crippen molar-refractivity contribution in [3.63, 3.8) is 0 Å². The molecule has 8 heteroatoms. The number of benzene rings is 2. The predicted octanol–water partition coefficient (Wildman–Crippen LogP) is 3.61. The second-order valence-corrected chi connectivity index (χ2v) is 7.61. The van der Waals surface area contributed by atoms with E-state index in [1.54, 1.807) is 12.1 Å². The summed E-state index contributed by atoms with van der Waals surface area (Å²) in [6.45, 7) is 1.08. The van der Waals surface area contributed by atoms with Crippen LogP contribution in [0.25, 0.3) is 11.1 Å². The van der Waals surface area contributed by atoms with Crippen LogP contribution >= 0.6 is 0 Å². The number of halogens is 2. The van der Waals surface area contributed by atoms with E-state index in [1.165, 1.54) is 17.9 Å². The summed E-state index contributed by atoms with van der Waals surface area (Å²) in [5.74, 6) is -0.678. The third-order valence-electron chi connectivity index (χ3n) is 5.16. The molecule has 0 radical (unpaired) electrons. The van der Waals surface area contributed by atoms with Gasteiger partial charge in [0.2, 0.25) is 5.91 Å². The number of anilines is 1. The molecule has 2 N–H and O–H groups in total. The summed E-state index contributed by atoms with van der Waals surface area (Å²) < 4.78 is 32.3. The highest BCUT2D eigenvalue weighted by atomic mass is 19.1. The van der Waals surface area contributed by atoms with Crippen LogP contribution in [0.2, 0.25) is 0 Å². The fraction of sp³-hybridized carbons (Fsp3) is 0.391. The normalized spacial score (nSPS) is 16.8. The molecule has 0 spiro atoms. The fourth-order valence-electron chi connectivity index (χ4n) is 3.47. The lowest BCUT2D eigenvalue weighted by Crippen LogP contribution is -2.33. The Morgan fingerprint density at radius 2 is 2.03 bits per heavy atom. The number of ether oxygens (including phenoxy) is 1. The number of hydrogen-bond donors (Lipinski definition) is 2. The zero-order chi connectivity index (χ0) is 22.4. The van der Waals surface area contributed by atoms with Gasteiger partial charge in [-0.3, -0.25) is 9.69 Å². The lowest BCUT2D eigenvalue weighted by atomic mass is 10.0. The van der Waals surface area contributed by atoms with E-state index in [2.05, 4.69) is 5.32 Å². The maximum absolute atomic E-state index is 14.8. The molecule has 1 aliphatic heterocycles. The molecule has 1 heterocycles. The van der Waals surface area contributed by atoms with E-state index in [0.717, 1.165) is 5.56 Å². The average Bonchev–Trinajstić information content (AvgIpc) is 3.13. The molecular weight excluding hydrogens is 406 g/mol. The van der Waals surface area contributed by atoms with Gasteiger partial charge >= 0.3 is 6.09 Å². The van der Waals surface area contributed by atoms with Crippen molar-refractivity contribution in [2.45, 2.75) is 38.4 Å². The van der Waals surface area contributed by atoms with Gasteiger partial charge in [-0.05, 0) is 48.6 Å². The molecule has 0 saturated carbocycles. The van der Waals surface area contributed by atoms with Gasteiger partial charge in [0.1, 0.15) is 18.6 Å². The fourth-order valence-corrected chi connectivity index (χ4v) is 3.47. The first-order valence-corrected chi connectivity index (χ1v) is 10.2. The Bertz CT molecular complexity index is 920. The first-order valence-electron chi connectivity index (χ1n) is 10.2. The number of cyclic esters (lactones) is 1. The van der Waals surface area contributed by atoms with Gasteiger partial charge in [0, 0.05) is 12.5 Å². The molecule has 2 amide bonds. The van der Waals surface area contributed by atoms with Gasteiger partial charge in [-0.25, -0.2) is 13.6 Å². The Hall–Kier alpha value is -3.00. The van der Waals surface area contributed by atoms with E-state index >= 15 is 0 Å². The second-order valence-electron chi connectivity index (χ2n) is 7.61. The minimum absolute atomic E-state index is 0.206. The Kier molecular flexibility index (Phi) is 7.57. The number of carbonyl (C=O) groups excluding carboxylic acids is 2. The highest BCUT2D eigenvalue weighted by Gasteiger charge is 2.32. The van der Waals surface area contributed by atoms with E-state index in [1.807, 2.05) is 24.3 Å². The molecule has 2 aromatic carbocycles. The minimum Gasteiger partial charge on any atom is -0.442 e. The highest BCUT2D eigenvalue weighted by molar-refractivity contribution is 5.90. The summed E-state index contributed by atoms with van der Waals surface area (Å²) in [5, 5.41) is 11.9. The quantitative estimate of drug-likeness (QED) is 0.635. The van der Waals surface area contributed by atoms with E-state index in [9.17, 15) is 23.5 Å². The van der Waals surface area contributed by atoms with Crippen molar-refractivity contribution in [3.8, 4) is 11.1 Å². The largest absolute Gasteiger partial charge is 0.442 e. The van der Waals surface area contributed by atoms with E-state index in [-0.39, 0.29) is 19.0 Å². The summed E-state index contributed by atoms with van der Waals surface area (Å²) in [6.07, 6.45) is -0.209. The number of aliphatic hydroxyl groups excluding tert-OH is 1. The number of aliphatic hydroxyl groups is 1. The van der Waals surface area contributed by atoms with E-state index in [4.69, 9.17) is 4.74 Å². The molecule has 1 unspecified atom stereocenters. The Morgan fingerprint density at radius 3 is 2.68 bits per heavy atom. The van der Waals surface area contributed by atoms with Crippen LogP contribution in [0.15, 0.2) is 42.5 Å². The Morgan fingerprint density at radius 1 is 1.29 bits per heavy atom. The van der Waals surface area contributed by atoms with Crippen LogP contribution in [0.3, 0.4) is 0 Å². The number of hydrogen-bond acceptors (Lipinski definition) is 4. The smallest absolute Gasteiger partial charge is 0.414 e. The van der Waals surface area contributed by atoms with Gasteiger partial charge in [-0.15, -0.1) is 0 Å². The molecule has 6 nitrogen and oxygen atoms in total. The van der Waals surface area contributed by atoms with Crippen molar-refractivity contribution in [1.82, 2.24) is 5.32 Å². The van der Waals surface area contributed by atoms with Gasteiger partial charge < -0.3 is 15.2 Å². The zero-order valence-electron chi connectivity index (χ0n) is 17.3. The summed E-state index contributed by atoms with van der Waals surface area (Å²) in [4.78, 5) is 24.5. The Balaban J connectivity index is 1.64. The van der Waals surface area contributed by atoms with Crippen LogP contribution in [0, 0.1) is 5.82 Å². The molecular formula is C23H26F2N2O4. The molecule has 2 atom stereocenters. The van der Waals surface area contributed by atoms with Crippen molar-refractivity contribution in [2.75, 3.05) is 24.7 Å². The number of alkyl halides is 1. The molecule has 0 aliphatic carbocycles. The third kappa shape index (κ3) is 6.01. The first kappa shape index (κ1) is 22.7. The van der Waals surface area contributed by atoms with E-state index in [0.29, 0.717) is 36.1 Å². The predicted molar refractivity (Wildman–Crippen MR) is 113 cm³/mol. The molecule has 31 heavy (non-hydrogen) atoms. The maximum Gasteiger partial charge on any atom is 0.414 e. The molecule has 1 saturated heterocycles. The topological polar surface area (TPSA) is 78.9 Å². The van der Waals surface area contributed by atoms with Crippen molar-refractivity contribution in [1.29, 1.82) is 0 Å². The summed E-state index contributed by atoms with van der Waals surface area (Å²) in [7, 11) is 0.